The molecule has 0 aliphatic carbocycles. The van der Waals surface area contributed by atoms with Crippen LogP contribution in [-0.4, -0.2) is 15.0 Å². The molecular weight excluding hydrogens is 246 g/mol. The van der Waals surface area contributed by atoms with Gasteiger partial charge in [-0.2, -0.15) is 0 Å². The van der Waals surface area contributed by atoms with Gasteiger partial charge in [0.2, 0.25) is 3.79 Å². The fraction of sp³-hybridized carbons (Fsp3) is 0.429. The Morgan fingerprint density at radius 3 is 2.57 bits per heavy atom. The Morgan fingerprint density at radius 1 is 1.50 bits per heavy atom. The molecule has 4 nitrogen and oxygen atoms in total. The van der Waals surface area contributed by atoms with Crippen molar-refractivity contribution in [3.05, 3.63) is 24.0 Å². The molecule has 0 saturated carbocycles. The predicted molar refractivity (Wildman–Crippen MR) is 57.3 cm³/mol. The van der Waals surface area contributed by atoms with Crippen LogP contribution in [0.5, 0.6) is 0 Å². The summed E-state index contributed by atoms with van der Waals surface area (Å²) in [5.74, 6) is 0. The zero-order chi connectivity index (χ0) is 10.8. The number of halogens is 3. The third kappa shape index (κ3) is 2.39. The Bertz CT molecular complexity index is 328. The number of hydrogen-bond donors (Lipinski definition) is 1. The maximum atomic E-state index is 5.76. The molecule has 0 radical (unpaired) electrons. The van der Waals surface area contributed by atoms with Crippen LogP contribution in [0.2, 0.25) is 0 Å². The quantitative estimate of drug-likeness (QED) is 0.661. The lowest BCUT2D eigenvalue weighted by Gasteiger charge is -2.13. The summed E-state index contributed by atoms with van der Waals surface area (Å²) in [6.07, 6.45) is 1.63. The van der Waals surface area contributed by atoms with Crippen LogP contribution in [0.25, 0.3) is 0 Å². The Morgan fingerprint density at radius 2 is 2.14 bits per heavy atom. The average Bonchev–Trinajstić information content (AvgIpc) is 2.47. The van der Waals surface area contributed by atoms with Crippen LogP contribution in [0.1, 0.15) is 11.4 Å². The van der Waals surface area contributed by atoms with Gasteiger partial charge in [-0.15, -0.1) is 11.7 Å². The second-order valence-electron chi connectivity index (χ2n) is 2.56. The fourth-order valence-corrected chi connectivity index (χ4v) is 1.67. The molecule has 0 amide bonds. The van der Waals surface area contributed by atoms with Crippen LogP contribution in [0.15, 0.2) is 12.7 Å². The summed E-state index contributed by atoms with van der Waals surface area (Å²) in [6, 6.07) is 0. The normalized spacial score (nSPS) is 11.7. The summed E-state index contributed by atoms with van der Waals surface area (Å²) in [6.45, 7) is 4.17. The minimum atomic E-state index is -1.57. The van der Waals surface area contributed by atoms with E-state index in [-0.39, 0.29) is 6.54 Å². The van der Waals surface area contributed by atoms with Gasteiger partial charge >= 0.3 is 0 Å². The minimum Gasteiger partial charge on any atom is -0.325 e. The maximum Gasteiger partial charge on any atom is 0.234 e. The molecule has 0 unspecified atom stereocenters. The first-order chi connectivity index (χ1) is 6.50. The highest BCUT2D eigenvalue weighted by Crippen LogP contribution is 2.39. The van der Waals surface area contributed by atoms with E-state index in [9.17, 15) is 0 Å². The van der Waals surface area contributed by atoms with Crippen molar-refractivity contribution in [1.82, 2.24) is 15.0 Å². The first-order valence-electron chi connectivity index (χ1n) is 3.81. The third-order valence-corrected chi connectivity index (χ3v) is 2.11. The molecule has 1 aromatic heterocycles. The van der Waals surface area contributed by atoms with E-state index in [1.807, 2.05) is 0 Å². The van der Waals surface area contributed by atoms with Crippen LogP contribution in [0.3, 0.4) is 0 Å². The van der Waals surface area contributed by atoms with E-state index in [1.165, 1.54) is 4.68 Å². The van der Waals surface area contributed by atoms with Crippen molar-refractivity contribution in [1.29, 1.82) is 0 Å². The van der Waals surface area contributed by atoms with Crippen molar-refractivity contribution < 1.29 is 0 Å². The molecular formula is C7H9Cl3N4. The SMILES string of the molecule is C=CCn1nnc(CN)c1C(Cl)(Cl)Cl. The highest BCUT2D eigenvalue weighted by atomic mass is 35.6. The molecule has 1 rings (SSSR count). The molecule has 0 aliphatic heterocycles. The van der Waals surface area contributed by atoms with Gasteiger partial charge in [-0.05, 0) is 0 Å². The van der Waals surface area contributed by atoms with E-state index in [0.29, 0.717) is 17.9 Å². The second kappa shape index (κ2) is 4.49. The molecule has 0 spiro atoms. The van der Waals surface area contributed by atoms with Gasteiger partial charge in [0.15, 0.2) is 0 Å². The monoisotopic (exact) mass is 254 g/mol. The summed E-state index contributed by atoms with van der Waals surface area (Å²) in [5.41, 5.74) is 6.31. The van der Waals surface area contributed by atoms with Crippen molar-refractivity contribution in [2.24, 2.45) is 5.73 Å². The summed E-state index contributed by atoms with van der Waals surface area (Å²) in [5, 5.41) is 7.61. The van der Waals surface area contributed by atoms with Gasteiger partial charge in [0.25, 0.3) is 0 Å². The van der Waals surface area contributed by atoms with Gasteiger partial charge in [-0.25, -0.2) is 4.68 Å². The third-order valence-electron chi connectivity index (χ3n) is 1.57. The van der Waals surface area contributed by atoms with Gasteiger partial charge < -0.3 is 5.73 Å². The number of hydrogen-bond acceptors (Lipinski definition) is 3. The number of aromatic nitrogens is 3. The molecule has 2 N–H and O–H groups in total. The van der Waals surface area contributed by atoms with Crippen molar-refractivity contribution in [2.45, 2.75) is 16.9 Å². The Balaban J connectivity index is 3.19. The molecule has 0 atom stereocenters. The highest BCUT2D eigenvalue weighted by molar-refractivity contribution is 6.66. The molecule has 7 heteroatoms. The maximum absolute atomic E-state index is 5.76. The van der Waals surface area contributed by atoms with E-state index < -0.39 is 3.79 Å². The molecule has 14 heavy (non-hydrogen) atoms. The van der Waals surface area contributed by atoms with Crippen molar-refractivity contribution >= 4 is 34.8 Å². The lowest BCUT2D eigenvalue weighted by molar-refractivity contribution is 0.635. The van der Waals surface area contributed by atoms with Gasteiger partial charge in [0.05, 0.1) is 6.54 Å². The van der Waals surface area contributed by atoms with Crippen LogP contribution in [0.4, 0.5) is 0 Å². The lowest BCUT2D eigenvalue weighted by Crippen LogP contribution is -2.14. The molecule has 1 heterocycles. The topological polar surface area (TPSA) is 56.7 Å². The predicted octanol–water partition coefficient (Wildman–Crippen LogP) is 1.75. The number of allylic oxidation sites excluding steroid dienone is 1. The zero-order valence-corrected chi connectivity index (χ0v) is 9.52. The fourth-order valence-electron chi connectivity index (χ4n) is 1.05. The first kappa shape index (κ1) is 11.8. The molecule has 0 fully saturated rings. The molecule has 0 aliphatic rings. The average molecular weight is 256 g/mol. The van der Waals surface area contributed by atoms with Crippen LogP contribution >= 0.6 is 34.8 Å². The zero-order valence-electron chi connectivity index (χ0n) is 7.25. The summed E-state index contributed by atoms with van der Waals surface area (Å²) in [7, 11) is 0. The number of alkyl halides is 3. The summed E-state index contributed by atoms with van der Waals surface area (Å²) >= 11 is 17.3. The largest absolute Gasteiger partial charge is 0.325 e. The highest BCUT2D eigenvalue weighted by Gasteiger charge is 2.31. The van der Waals surface area contributed by atoms with Crippen LogP contribution in [0, 0.1) is 0 Å². The van der Waals surface area contributed by atoms with Crippen molar-refractivity contribution in [3.8, 4) is 0 Å². The Kier molecular flexibility index (Phi) is 3.78. The van der Waals surface area contributed by atoms with Crippen molar-refractivity contribution in [3.63, 3.8) is 0 Å². The molecule has 0 aromatic carbocycles. The second-order valence-corrected chi connectivity index (χ2v) is 4.84. The molecule has 78 valence electrons. The van der Waals surface area contributed by atoms with Gasteiger partial charge in [0, 0.05) is 6.54 Å². The van der Waals surface area contributed by atoms with E-state index in [2.05, 4.69) is 16.9 Å². The van der Waals surface area contributed by atoms with Gasteiger partial charge in [-0.1, -0.05) is 46.1 Å². The number of nitrogens with zero attached hydrogens (tertiary/aromatic N) is 3. The van der Waals surface area contributed by atoms with Crippen molar-refractivity contribution in [2.75, 3.05) is 0 Å². The molecule has 0 saturated heterocycles. The number of nitrogens with two attached hydrogens (primary N) is 1. The molecule has 1 aromatic rings. The van der Waals surface area contributed by atoms with E-state index >= 15 is 0 Å². The minimum absolute atomic E-state index is 0.181. The standard InChI is InChI=1S/C7H9Cl3N4/c1-2-3-14-6(7(8,9)10)5(4-11)12-13-14/h2H,1,3-4,11H2. The Labute approximate surface area is 96.6 Å². The number of rotatable bonds is 3. The van der Waals surface area contributed by atoms with Gasteiger partial charge in [0.1, 0.15) is 11.4 Å². The Hall–Kier alpha value is -0.290. The first-order valence-corrected chi connectivity index (χ1v) is 4.94. The summed E-state index contributed by atoms with van der Waals surface area (Å²) in [4.78, 5) is 0. The molecule has 0 bridgehead atoms. The van der Waals surface area contributed by atoms with E-state index in [1.54, 1.807) is 6.08 Å². The summed E-state index contributed by atoms with van der Waals surface area (Å²) < 4.78 is -0.108. The smallest absolute Gasteiger partial charge is 0.234 e. The van der Waals surface area contributed by atoms with Crippen LogP contribution in [-0.2, 0) is 16.9 Å². The van der Waals surface area contributed by atoms with Crippen LogP contribution < -0.4 is 5.73 Å². The van der Waals surface area contributed by atoms with Gasteiger partial charge in [-0.3, -0.25) is 0 Å². The van der Waals surface area contributed by atoms with E-state index in [0.717, 1.165) is 0 Å². The van der Waals surface area contributed by atoms with E-state index in [4.69, 9.17) is 40.5 Å². The lowest BCUT2D eigenvalue weighted by atomic mass is 10.3.